The van der Waals surface area contributed by atoms with E-state index < -0.39 is 23.7 Å². The number of nitrogens with one attached hydrogen (secondary N) is 1. The molecule has 0 saturated carbocycles. The summed E-state index contributed by atoms with van der Waals surface area (Å²) in [5.74, 6) is -3.41. The number of hydrogen-bond donors (Lipinski definition) is 4. The fraction of sp³-hybridized carbons (Fsp3) is 0.263. The third-order valence-corrected chi connectivity index (χ3v) is 4.01. The van der Waals surface area contributed by atoms with Crippen molar-refractivity contribution < 1.29 is 39.0 Å². The predicted octanol–water partition coefficient (Wildman–Crippen LogP) is 0.639. The second-order valence-corrected chi connectivity index (χ2v) is 6.39. The molecule has 1 aromatic heterocycles. The molecule has 0 aliphatic rings. The molecule has 1 unspecified atom stereocenters. The van der Waals surface area contributed by atoms with Crippen molar-refractivity contribution in [2.45, 2.75) is 12.6 Å². The van der Waals surface area contributed by atoms with Gasteiger partial charge in [-0.05, 0) is 23.8 Å². The first-order valence-electron chi connectivity index (χ1n) is 8.55. The average Bonchev–Trinajstić information content (AvgIpc) is 2.68. The maximum atomic E-state index is 12.0. The molecule has 10 heteroatoms. The molecule has 0 saturated heterocycles. The van der Waals surface area contributed by atoms with Gasteiger partial charge in [-0.15, -0.1) is 0 Å². The largest absolute Gasteiger partial charge is 0.504 e. The van der Waals surface area contributed by atoms with Crippen molar-refractivity contribution in [2.75, 3.05) is 20.6 Å². The number of carboxylic acid groups (broad SMARTS) is 1. The summed E-state index contributed by atoms with van der Waals surface area (Å²) in [6.07, 6.45) is 2.28. The molecule has 1 atom stereocenters. The molecule has 0 spiro atoms. The Labute approximate surface area is 166 Å². The Balaban J connectivity index is 1.94. The Bertz CT molecular complexity index is 914. The number of rotatable bonds is 7. The van der Waals surface area contributed by atoms with Crippen LogP contribution in [0.1, 0.15) is 21.8 Å². The smallest absolute Gasteiger partial charge is 0.412 e. The minimum Gasteiger partial charge on any atom is -0.504 e. The van der Waals surface area contributed by atoms with Crippen molar-refractivity contribution in [1.82, 2.24) is 10.2 Å². The number of aromatic hydroxyl groups is 2. The molecule has 0 aliphatic heterocycles. The van der Waals surface area contributed by atoms with E-state index in [-0.39, 0.29) is 30.5 Å². The number of ether oxygens (including phenoxy) is 1. The molecule has 0 aliphatic carbocycles. The molecule has 4 N–H and O–H groups in total. The van der Waals surface area contributed by atoms with E-state index in [9.17, 15) is 29.7 Å². The third-order valence-electron chi connectivity index (χ3n) is 4.01. The van der Waals surface area contributed by atoms with Crippen LogP contribution in [-0.4, -0.2) is 58.8 Å². The highest BCUT2D eigenvalue weighted by Gasteiger charge is 2.22. The second kappa shape index (κ2) is 9.40. The first-order valence-corrected chi connectivity index (χ1v) is 8.55. The number of phenolic OH excluding ortho intramolecular Hbond substituents is 2. The van der Waals surface area contributed by atoms with Crippen molar-refractivity contribution in [3.63, 3.8) is 0 Å². The van der Waals surface area contributed by atoms with Crippen LogP contribution in [0.5, 0.6) is 11.5 Å². The van der Waals surface area contributed by atoms with Crippen LogP contribution >= 0.6 is 0 Å². The van der Waals surface area contributed by atoms with E-state index in [4.69, 9.17) is 4.74 Å². The van der Waals surface area contributed by atoms with Gasteiger partial charge in [-0.25, -0.2) is 4.79 Å². The fourth-order valence-electron chi connectivity index (χ4n) is 2.46. The van der Waals surface area contributed by atoms with Crippen LogP contribution in [0.15, 0.2) is 42.7 Å². The van der Waals surface area contributed by atoms with E-state index >= 15 is 0 Å². The van der Waals surface area contributed by atoms with E-state index in [1.807, 2.05) is 0 Å². The normalized spacial score (nSPS) is 11.4. The summed E-state index contributed by atoms with van der Waals surface area (Å²) in [6, 6.07) is 6.88. The molecule has 1 aromatic carbocycles. The summed E-state index contributed by atoms with van der Waals surface area (Å²) in [4.78, 5) is 36.8. The Kier molecular flexibility index (Phi) is 6.96. The molecule has 154 valence electrons. The van der Waals surface area contributed by atoms with Gasteiger partial charge in [0, 0.05) is 26.7 Å². The predicted molar refractivity (Wildman–Crippen MR) is 99.3 cm³/mol. The molecule has 0 radical (unpaired) electrons. The van der Waals surface area contributed by atoms with Crippen LogP contribution in [0, 0.1) is 0 Å². The number of nitrogens with zero attached hydrogens (tertiary/aromatic N) is 2. The van der Waals surface area contributed by atoms with Crippen molar-refractivity contribution >= 4 is 18.0 Å². The number of carboxylic acids is 1. The van der Waals surface area contributed by atoms with Gasteiger partial charge in [-0.2, -0.15) is 4.57 Å². The van der Waals surface area contributed by atoms with Crippen molar-refractivity contribution in [2.24, 2.45) is 0 Å². The number of amides is 2. The zero-order valence-electron chi connectivity index (χ0n) is 15.9. The summed E-state index contributed by atoms with van der Waals surface area (Å²) >= 11 is 0. The van der Waals surface area contributed by atoms with E-state index in [0.29, 0.717) is 5.56 Å². The van der Waals surface area contributed by atoms with Crippen LogP contribution in [0.2, 0.25) is 0 Å². The van der Waals surface area contributed by atoms with Gasteiger partial charge < -0.3 is 30.3 Å². The number of pyridine rings is 1. The molecule has 10 nitrogen and oxygen atoms in total. The Hall–Kier alpha value is -3.82. The molecule has 0 bridgehead atoms. The van der Waals surface area contributed by atoms with E-state index in [2.05, 4.69) is 5.32 Å². The third kappa shape index (κ3) is 5.83. The van der Waals surface area contributed by atoms with Gasteiger partial charge >= 0.3 is 12.1 Å². The lowest BCUT2D eigenvalue weighted by atomic mass is 9.99. The van der Waals surface area contributed by atoms with Crippen LogP contribution in [0.3, 0.4) is 0 Å². The number of aromatic nitrogens is 1. The molecule has 1 heterocycles. The fourth-order valence-corrected chi connectivity index (χ4v) is 2.46. The van der Waals surface area contributed by atoms with Crippen LogP contribution in [-0.2, 0) is 16.3 Å². The van der Waals surface area contributed by atoms with Gasteiger partial charge in [-0.1, -0.05) is 6.07 Å². The lowest BCUT2D eigenvalue weighted by Gasteiger charge is -2.14. The SMILES string of the molecule is CN(C)C(=O)c1ccc[n+](COC(=O)NCC(C(=O)O)c2ccc(O)c(O)c2)c1. The molecule has 29 heavy (non-hydrogen) atoms. The summed E-state index contributed by atoms with van der Waals surface area (Å²) < 4.78 is 6.53. The Morgan fingerprint density at radius 1 is 1.17 bits per heavy atom. The van der Waals surface area contributed by atoms with Gasteiger partial charge in [0.15, 0.2) is 23.9 Å². The first-order chi connectivity index (χ1) is 13.7. The van der Waals surface area contributed by atoms with Crippen LogP contribution in [0.25, 0.3) is 0 Å². The van der Waals surface area contributed by atoms with Gasteiger partial charge in [-0.3, -0.25) is 9.59 Å². The quantitative estimate of drug-likeness (QED) is 0.392. The first kappa shape index (κ1) is 21.5. The number of alkyl carbamates (subject to hydrolysis) is 1. The van der Waals surface area contributed by atoms with Crippen molar-refractivity contribution in [3.05, 3.63) is 53.9 Å². The summed E-state index contributed by atoms with van der Waals surface area (Å²) in [6.45, 7) is -0.472. The number of hydrogen-bond acceptors (Lipinski definition) is 6. The zero-order valence-corrected chi connectivity index (χ0v) is 15.9. The summed E-state index contributed by atoms with van der Waals surface area (Å²) in [5.41, 5.74) is 0.622. The Morgan fingerprint density at radius 2 is 1.90 bits per heavy atom. The number of carbonyl (C=O) groups is 3. The number of phenols is 2. The maximum Gasteiger partial charge on any atom is 0.412 e. The number of aliphatic carboxylic acids is 1. The molecule has 2 amide bonds. The standard InChI is InChI=1S/C19H21N3O7/c1-21(2)17(25)13-4-3-7-22(10-13)11-29-19(28)20-9-14(18(26)27)12-5-6-15(23)16(24)8-12/h3-8,10,14H,9,11H2,1-2H3,(H3-,20,23,24,26,27,28)/p+1. The highest BCUT2D eigenvalue weighted by Crippen LogP contribution is 2.28. The van der Waals surface area contributed by atoms with Crippen LogP contribution < -0.4 is 9.88 Å². The average molecular weight is 404 g/mol. The zero-order chi connectivity index (χ0) is 21.6. The molecular formula is C19H22N3O7+. The van der Waals surface area contributed by atoms with E-state index in [0.717, 1.165) is 12.1 Å². The Morgan fingerprint density at radius 3 is 2.52 bits per heavy atom. The summed E-state index contributed by atoms with van der Waals surface area (Å²) in [7, 11) is 3.24. The number of benzene rings is 1. The lowest BCUT2D eigenvalue weighted by Crippen LogP contribution is -2.40. The van der Waals surface area contributed by atoms with E-state index in [1.165, 1.54) is 21.7 Å². The van der Waals surface area contributed by atoms with Gasteiger partial charge in [0.05, 0.1) is 5.92 Å². The minimum absolute atomic E-state index is 0.182. The maximum absolute atomic E-state index is 12.0. The lowest BCUT2D eigenvalue weighted by molar-refractivity contribution is -0.727. The molecule has 2 rings (SSSR count). The van der Waals surface area contributed by atoms with Gasteiger partial charge in [0.2, 0.25) is 0 Å². The molecule has 2 aromatic rings. The number of carbonyl (C=O) groups excluding carboxylic acids is 2. The van der Waals surface area contributed by atoms with Crippen LogP contribution in [0.4, 0.5) is 4.79 Å². The molecular weight excluding hydrogens is 382 g/mol. The highest BCUT2D eigenvalue weighted by atomic mass is 16.6. The van der Waals surface area contributed by atoms with Crippen molar-refractivity contribution in [3.8, 4) is 11.5 Å². The molecule has 0 fully saturated rings. The van der Waals surface area contributed by atoms with Gasteiger partial charge in [0.1, 0.15) is 5.56 Å². The van der Waals surface area contributed by atoms with E-state index in [1.54, 1.807) is 32.4 Å². The van der Waals surface area contributed by atoms with Gasteiger partial charge in [0.25, 0.3) is 12.6 Å². The highest BCUT2D eigenvalue weighted by molar-refractivity contribution is 5.93. The second-order valence-electron chi connectivity index (χ2n) is 6.39. The minimum atomic E-state index is -1.22. The summed E-state index contributed by atoms with van der Waals surface area (Å²) in [5, 5.41) is 30.6. The van der Waals surface area contributed by atoms with Crippen molar-refractivity contribution in [1.29, 1.82) is 0 Å². The topological polar surface area (TPSA) is 140 Å². The monoisotopic (exact) mass is 404 g/mol.